The third-order valence-electron chi connectivity index (χ3n) is 4.47. The van der Waals surface area contributed by atoms with Gasteiger partial charge >= 0.3 is 6.36 Å². The van der Waals surface area contributed by atoms with Crippen LogP contribution in [0.2, 0.25) is 0 Å². The zero-order valence-corrected chi connectivity index (χ0v) is 18.3. The number of aliphatic hydroxyl groups is 1. The van der Waals surface area contributed by atoms with E-state index in [1.807, 2.05) is 4.72 Å². The van der Waals surface area contributed by atoms with Gasteiger partial charge in [0.1, 0.15) is 16.4 Å². The van der Waals surface area contributed by atoms with Crippen LogP contribution in [-0.4, -0.2) is 48.2 Å². The second-order valence-electron chi connectivity index (χ2n) is 6.93. The summed E-state index contributed by atoms with van der Waals surface area (Å²) in [6.45, 7) is 0. The molecule has 174 valence electrons. The number of sulfonamides is 1. The number of amides is 1. The number of phenols is 2. The minimum absolute atomic E-state index is 0.215. The molecule has 1 aliphatic rings. The first-order valence-electron chi connectivity index (χ1n) is 8.88. The predicted molar refractivity (Wildman–Crippen MR) is 108 cm³/mol. The Hall–Kier alpha value is -2.71. The zero-order chi connectivity index (χ0) is 23.8. The van der Waals surface area contributed by atoms with E-state index < -0.39 is 67.8 Å². The summed E-state index contributed by atoms with van der Waals surface area (Å²) in [6.07, 6.45) is -5.37. The average Bonchev–Trinajstić information content (AvgIpc) is 2.63. The van der Waals surface area contributed by atoms with Crippen LogP contribution in [0.1, 0.15) is 23.2 Å². The summed E-state index contributed by atoms with van der Waals surface area (Å²) in [4.78, 5) is 11.8. The van der Waals surface area contributed by atoms with Crippen LogP contribution >= 0.6 is 15.9 Å². The first-order chi connectivity index (χ1) is 14.7. The van der Waals surface area contributed by atoms with Gasteiger partial charge in [-0.15, -0.1) is 13.2 Å². The van der Waals surface area contributed by atoms with Crippen LogP contribution in [0.5, 0.6) is 17.2 Å². The molecule has 9 nitrogen and oxygen atoms in total. The minimum Gasteiger partial charge on any atom is -0.507 e. The van der Waals surface area contributed by atoms with E-state index in [-0.39, 0.29) is 17.3 Å². The van der Waals surface area contributed by atoms with Gasteiger partial charge in [0.25, 0.3) is 15.9 Å². The van der Waals surface area contributed by atoms with Crippen LogP contribution in [0.3, 0.4) is 0 Å². The molecule has 0 unspecified atom stereocenters. The Bertz CT molecular complexity index is 1150. The number of aliphatic hydroxyl groups excluding tert-OH is 1. The highest BCUT2D eigenvalue weighted by atomic mass is 79.9. The van der Waals surface area contributed by atoms with Crippen LogP contribution in [0.4, 0.5) is 18.9 Å². The van der Waals surface area contributed by atoms with Crippen LogP contribution in [-0.2, 0) is 10.0 Å². The molecule has 0 atom stereocenters. The molecule has 5 N–H and O–H groups in total. The normalized spacial score (nSPS) is 18.5. The van der Waals surface area contributed by atoms with Crippen LogP contribution in [0.15, 0.2) is 39.7 Å². The first-order valence-corrected chi connectivity index (χ1v) is 11.2. The molecule has 1 saturated carbocycles. The summed E-state index contributed by atoms with van der Waals surface area (Å²) in [6, 6.07) is 4.11. The molecule has 3 rings (SSSR count). The van der Waals surface area contributed by atoms with E-state index in [9.17, 15) is 41.7 Å². The van der Waals surface area contributed by atoms with Gasteiger partial charge in [-0.05, 0) is 37.1 Å². The summed E-state index contributed by atoms with van der Waals surface area (Å²) in [7, 11) is -4.61. The van der Waals surface area contributed by atoms with Gasteiger partial charge in [0.2, 0.25) is 0 Å². The lowest BCUT2D eigenvalue weighted by molar-refractivity contribution is -0.274. The van der Waals surface area contributed by atoms with Crippen LogP contribution in [0.25, 0.3) is 0 Å². The lowest BCUT2D eigenvalue weighted by Gasteiger charge is -2.32. The molecule has 1 amide bonds. The van der Waals surface area contributed by atoms with Gasteiger partial charge in [0.15, 0.2) is 5.75 Å². The number of carbonyl (C=O) groups excluding carboxylic acids is 1. The fourth-order valence-electron chi connectivity index (χ4n) is 2.92. The molecule has 0 heterocycles. The predicted octanol–water partition coefficient (Wildman–Crippen LogP) is 2.81. The molecule has 0 aliphatic heterocycles. The van der Waals surface area contributed by atoms with Gasteiger partial charge in [-0.3, -0.25) is 9.52 Å². The number of halogens is 4. The summed E-state index contributed by atoms with van der Waals surface area (Å²) in [5.74, 6) is -3.60. The van der Waals surface area contributed by atoms with Crippen LogP contribution < -0.4 is 14.8 Å². The molecular weight excluding hydrogens is 525 g/mol. The molecule has 0 aromatic heterocycles. The third-order valence-corrected chi connectivity index (χ3v) is 6.35. The van der Waals surface area contributed by atoms with Crippen molar-refractivity contribution in [3.05, 3.63) is 40.4 Å². The van der Waals surface area contributed by atoms with Gasteiger partial charge in [-0.1, -0.05) is 15.9 Å². The molecule has 0 spiro atoms. The highest BCUT2D eigenvalue weighted by Crippen LogP contribution is 2.38. The number of alkyl halides is 3. The number of phenolic OH excluding ortho intramolecular Hbond substituents is 2. The second-order valence-corrected chi connectivity index (χ2v) is 9.49. The molecule has 1 fully saturated rings. The largest absolute Gasteiger partial charge is 0.573 e. The van der Waals surface area contributed by atoms with Gasteiger partial charge < -0.3 is 25.4 Å². The van der Waals surface area contributed by atoms with Gasteiger partial charge in [-0.2, -0.15) is 0 Å². The monoisotopic (exact) mass is 540 g/mol. The van der Waals surface area contributed by atoms with Gasteiger partial charge in [0.05, 0.1) is 17.4 Å². The molecular formula is C18H16BrF3N2O7S. The van der Waals surface area contributed by atoms with Crippen molar-refractivity contribution >= 4 is 37.5 Å². The Labute approximate surface area is 188 Å². The maximum Gasteiger partial charge on any atom is 0.573 e. The van der Waals surface area contributed by atoms with E-state index in [0.29, 0.717) is 12.1 Å². The number of aromatic hydroxyl groups is 2. The van der Waals surface area contributed by atoms with Crippen molar-refractivity contribution in [3.8, 4) is 17.2 Å². The first kappa shape index (κ1) is 23.9. The minimum atomic E-state index is -5.17. The van der Waals surface area contributed by atoms with Crippen molar-refractivity contribution in [2.24, 2.45) is 0 Å². The van der Waals surface area contributed by atoms with Crippen molar-refractivity contribution in [2.45, 2.75) is 36.2 Å². The molecule has 14 heteroatoms. The number of anilines is 1. The van der Waals surface area contributed by atoms with Crippen molar-refractivity contribution in [1.29, 1.82) is 0 Å². The summed E-state index contributed by atoms with van der Waals surface area (Å²) in [5.41, 5.74) is -1.48. The van der Waals surface area contributed by atoms with E-state index in [1.54, 1.807) is 0 Å². The van der Waals surface area contributed by atoms with E-state index in [0.717, 1.165) is 12.1 Å². The molecule has 32 heavy (non-hydrogen) atoms. The summed E-state index contributed by atoms with van der Waals surface area (Å²) < 4.78 is 69.5. The van der Waals surface area contributed by atoms with Crippen molar-refractivity contribution < 1.29 is 46.4 Å². The summed E-state index contributed by atoms with van der Waals surface area (Å²) in [5, 5.41) is 32.0. The molecule has 2 aromatic carbocycles. The SMILES string of the molecule is O=C(NC1CC(O)C1)c1cc(OC(F)(F)F)cc(NS(=O)(=O)c2cc(Br)ccc2O)c1O. The number of benzene rings is 2. The molecule has 2 aromatic rings. The highest BCUT2D eigenvalue weighted by Gasteiger charge is 2.34. The molecule has 0 radical (unpaired) electrons. The molecule has 0 bridgehead atoms. The van der Waals surface area contributed by atoms with Gasteiger partial charge in [-0.25, -0.2) is 8.42 Å². The van der Waals surface area contributed by atoms with Crippen LogP contribution in [0, 0.1) is 0 Å². The number of rotatable bonds is 6. The smallest absolute Gasteiger partial charge is 0.507 e. The number of hydrogen-bond acceptors (Lipinski definition) is 7. The topological polar surface area (TPSA) is 145 Å². The maximum atomic E-state index is 12.7. The quantitative estimate of drug-likeness (QED) is 0.354. The number of hydrogen-bond donors (Lipinski definition) is 5. The number of carbonyl (C=O) groups is 1. The molecule has 0 saturated heterocycles. The Morgan fingerprint density at radius 2 is 1.81 bits per heavy atom. The van der Waals surface area contributed by atoms with Crippen molar-refractivity contribution in [1.82, 2.24) is 5.32 Å². The van der Waals surface area contributed by atoms with Crippen molar-refractivity contribution in [3.63, 3.8) is 0 Å². The Balaban J connectivity index is 2.00. The summed E-state index contributed by atoms with van der Waals surface area (Å²) >= 11 is 3.03. The van der Waals surface area contributed by atoms with E-state index in [4.69, 9.17) is 0 Å². The van der Waals surface area contributed by atoms with E-state index in [1.165, 1.54) is 6.07 Å². The standard InChI is InChI=1S/C18H16BrF3N2O7S/c19-8-1-2-14(26)15(3-8)32(29,30)24-13-7-11(31-18(20,21)22)6-12(16(13)27)17(28)23-9-4-10(25)5-9/h1-3,6-7,9-10,24-27H,4-5H2,(H,23,28). The fourth-order valence-corrected chi connectivity index (χ4v) is 4.62. The number of nitrogens with one attached hydrogen (secondary N) is 2. The second kappa shape index (κ2) is 8.67. The van der Waals surface area contributed by atoms with E-state index >= 15 is 0 Å². The van der Waals surface area contributed by atoms with Crippen molar-refractivity contribution in [2.75, 3.05) is 4.72 Å². The molecule has 1 aliphatic carbocycles. The van der Waals surface area contributed by atoms with E-state index in [2.05, 4.69) is 26.0 Å². The lowest BCUT2D eigenvalue weighted by atomic mass is 9.89. The van der Waals surface area contributed by atoms with Gasteiger partial charge in [0, 0.05) is 16.6 Å². The number of ether oxygens (including phenoxy) is 1. The Kier molecular flexibility index (Phi) is 6.49. The average molecular weight is 541 g/mol. The third kappa shape index (κ3) is 5.55. The Morgan fingerprint density at radius 1 is 1.16 bits per heavy atom. The highest BCUT2D eigenvalue weighted by molar-refractivity contribution is 9.10. The lowest BCUT2D eigenvalue weighted by Crippen LogP contribution is -2.46. The Morgan fingerprint density at radius 3 is 2.41 bits per heavy atom. The zero-order valence-electron chi connectivity index (χ0n) is 15.9. The fraction of sp³-hybridized carbons (Fsp3) is 0.278. The maximum absolute atomic E-state index is 12.7.